The summed E-state index contributed by atoms with van der Waals surface area (Å²) < 4.78 is 16.0. The van der Waals surface area contributed by atoms with Crippen LogP contribution in [-0.4, -0.2) is 31.8 Å². The quantitative estimate of drug-likeness (QED) is 0.739. The monoisotopic (exact) mass is 335 g/mol. The number of ether oxygens (including phenoxy) is 3. The topological polar surface area (TPSA) is 60.6 Å². The van der Waals surface area contributed by atoms with Gasteiger partial charge in [0, 0.05) is 28.2 Å². The van der Waals surface area contributed by atoms with E-state index in [2.05, 4.69) is 4.98 Å². The highest BCUT2D eigenvalue weighted by Crippen LogP contribution is 2.38. The van der Waals surface area contributed by atoms with Gasteiger partial charge in [-0.05, 0) is 23.8 Å². The van der Waals surface area contributed by atoms with Crippen molar-refractivity contribution in [3.05, 3.63) is 59.8 Å². The molecule has 1 aromatic heterocycles. The number of cyclic esters (lactones) is 1. The number of aromatic nitrogens is 1. The zero-order valence-corrected chi connectivity index (χ0v) is 14.0. The predicted octanol–water partition coefficient (Wildman–Crippen LogP) is 3.65. The maximum absolute atomic E-state index is 12.4. The molecule has 4 rings (SSSR count). The van der Waals surface area contributed by atoms with E-state index in [0.29, 0.717) is 17.1 Å². The van der Waals surface area contributed by atoms with Gasteiger partial charge in [-0.25, -0.2) is 4.79 Å². The molecular weight excluding hydrogens is 318 g/mol. The molecule has 0 fully saturated rings. The lowest BCUT2D eigenvalue weighted by atomic mass is 9.96. The number of para-hydroxylation sites is 1. The van der Waals surface area contributed by atoms with Crippen LogP contribution in [0.25, 0.3) is 22.0 Å². The molecule has 2 heterocycles. The van der Waals surface area contributed by atoms with E-state index in [1.54, 1.807) is 14.2 Å². The molecule has 0 radical (unpaired) electrons. The van der Waals surface area contributed by atoms with Crippen LogP contribution in [0.3, 0.4) is 0 Å². The zero-order valence-electron chi connectivity index (χ0n) is 14.0. The van der Waals surface area contributed by atoms with Gasteiger partial charge in [0.15, 0.2) is 11.5 Å². The van der Waals surface area contributed by atoms with Crippen molar-refractivity contribution >= 4 is 28.0 Å². The molecule has 0 spiro atoms. The molecule has 0 atom stereocenters. The Morgan fingerprint density at radius 2 is 1.84 bits per heavy atom. The SMILES string of the molecule is COc1ccc(C2=C(c3c[nH]c4ccccc34)C(=O)OC2)cc1OC. The summed E-state index contributed by atoms with van der Waals surface area (Å²) >= 11 is 0. The molecule has 126 valence electrons. The summed E-state index contributed by atoms with van der Waals surface area (Å²) in [4.78, 5) is 15.6. The minimum Gasteiger partial charge on any atom is -0.493 e. The van der Waals surface area contributed by atoms with E-state index < -0.39 is 0 Å². The number of methoxy groups -OCH3 is 2. The molecule has 0 saturated carbocycles. The van der Waals surface area contributed by atoms with Crippen molar-refractivity contribution < 1.29 is 19.0 Å². The minimum atomic E-state index is -0.311. The number of nitrogens with one attached hydrogen (secondary N) is 1. The van der Waals surface area contributed by atoms with Gasteiger partial charge >= 0.3 is 5.97 Å². The molecule has 0 saturated heterocycles. The second-order valence-electron chi connectivity index (χ2n) is 5.75. The second kappa shape index (κ2) is 6.02. The summed E-state index contributed by atoms with van der Waals surface area (Å²) in [5.41, 5.74) is 4.14. The molecule has 25 heavy (non-hydrogen) atoms. The van der Waals surface area contributed by atoms with Crippen molar-refractivity contribution in [2.24, 2.45) is 0 Å². The lowest BCUT2D eigenvalue weighted by Gasteiger charge is -2.10. The number of aromatic amines is 1. The molecular formula is C20H17NO4. The Hall–Kier alpha value is -3.21. The van der Waals surface area contributed by atoms with Gasteiger partial charge in [-0.2, -0.15) is 0 Å². The fraction of sp³-hybridized carbons (Fsp3) is 0.150. The Kier molecular flexibility index (Phi) is 3.69. The van der Waals surface area contributed by atoms with Gasteiger partial charge in [0.2, 0.25) is 0 Å². The largest absolute Gasteiger partial charge is 0.493 e. The van der Waals surface area contributed by atoms with Gasteiger partial charge in [-0.15, -0.1) is 0 Å². The Bertz CT molecular complexity index is 1000. The van der Waals surface area contributed by atoms with Crippen LogP contribution >= 0.6 is 0 Å². The van der Waals surface area contributed by atoms with E-state index in [-0.39, 0.29) is 12.6 Å². The van der Waals surface area contributed by atoms with Crippen molar-refractivity contribution in [1.29, 1.82) is 0 Å². The van der Waals surface area contributed by atoms with E-state index in [4.69, 9.17) is 14.2 Å². The van der Waals surface area contributed by atoms with Gasteiger partial charge in [0.25, 0.3) is 0 Å². The van der Waals surface area contributed by atoms with Gasteiger partial charge in [-0.3, -0.25) is 0 Å². The van der Waals surface area contributed by atoms with Gasteiger partial charge < -0.3 is 19.2 Å². The second-order valence-corrected chi connectivity index (χ2v) is 5.75. The number of carbonyl (C=O) groups excluding carboxylic acids is 1. The lowest BCUT2D eigenvalue weighted by Crippen LogP contribution is -1.98. The maximum atomic E-state index is 12.4. The maximum Gasteiger partial charge on any atom is 0.339 e. The zero-order chi connectivity index (χ0) is 17.4. The van der Waals surface area contributed by atoms with Crippen LogP contribution in [0.15, 0.2) is 48.7 Å². The van der Waals surface area contributed by atoms with Crippen molar-refractivity contribution in [3.8, 4) is 11.5 Å². The first-order valence-corrected chi connectivity index (χ1v) is 7.92. The van der Waals surface area contributed by atoms with Crippen LogP contribution in [0.1, 0.15) is 11.1 Å². The van der Waals surface area contributed by atoms with Crippen LogP contribution in [0.5, 0.6) is 11.5 Å². The molecule has 1 N–H and O–H groups in total. The highest BCUT2D eigenvalue weighted by molar-refractivity contribution is 6.29. The summed E-state index contributed by atoms with van der Waals surface area (Å²) in [6.45, 7) is 0.239. The van der Waals surface area contributed by atoms with Crippen LogP contribution in [0, 0.1) is 0 Å². The van der Waals surface area contributed by atoms with E-state index >= 15 is 0 Å². The molecule has 0 bridgehead atoms. The lowest BCUT2D eigenvalue weighted by molar-refractivity contribution is -0.133. The molecule has 0 amide bonds. The minimum absolute atomic E-state index is 0.239. The van der Waals surface area contributed by atoms with Crippen LogP contribution in [0.2, 0.25) is 0 Å². The van der Waals surface area contributed by atoms with E-state index in [9.17, 15) is 4.79 Å². The fourth-order valence-corrected chi connectivity index (χ4v) is 3.21. The number of rotatable bonds is 4. The Morgan fingerprint density at radius 3 is 2.64 bits per heavy atom. The molecule has 0 unspecified atom stereocenters. The average Bonchev–Trinajstić information content (AvgIpc) is 3.24. The summed E-state index contributed by atoms with van der Waals surface area (Å²) in [7, 11) is 3.18. The molecule has 5 nitrogen and oxygen atoms in total. The molecule has 5 heteroatoms. The van der Waals surface area contributed by atoms with Crippen LogP contribution in [-0.2, 0) is 9.53 Å². The van der Waals surface area contributed by atoms with Crippen molar-refractivity contribution in [3.63, 3.8) is 0 Å². The third kappa shape index (κ3) is 2.45. The van der Waals surface area contributed by atoms with E-state index in [0.717, 1.165) is 27.6 Å². The first kappa shape index (κ1) is 15.3. The van der Waals surface area contributed by atoms with Crippen molar-refractivity contribution in [1.82, 2.24) is 4.98 Å². The number of H-pyrrole nitrogens is 1. The summed E-state index contributed by atoms with van der Waals surface area (Å²) in [6, 6.07) is 13.5. The van der Waals surface area contributed by atoms with E-state index in [1.807, 2.05) is 48.7 Å². The number of esters is 1. The smallest absolute Gasteiger partial charge is 0.339 e. The Morgan fingerprint density at radius 1 is 1.04 bits per heavy atom. The number of benzene rings is 2. The first-order valence-electron chi connectivity index (χ1n) is 7.92. The number of carbonyl (C=O) groups is 1. The van der Waals surface area contributed by atoms with Gasteiger partial charge in [0.05, 0.1) is 19.8 Å². The average molecular weight is 335 g/mol. The third-order valence-electron chi connectivity index (χ3n) is 4.44. The molecule has 2 aromatic carbocycles. The van der Waals surface area contributed by atoms with Crippen molar-refractivity contribution in [2.75, 3.05) is 20.8 Å². The third-order valence-corrected chi connectivity index (χ3v) is 4.44. The molecule has 0 aliphatic carbocycles. The standard InChI is InChI=1S/C20H17NO4/c1-23-17-8-7-12(9-18(17)24-2)15-11-25-20(22)19(15)14-10-21-16-6-4-3-5-13(14)16/h3-10,21H,11H2,1-2H3. The highest BCUT2D eigenvalue weighted by Gasteiger charge is 2.29. The highest BCUT2D eigenvalue weighted by atomic mass is 16.5. The van der Waals surface area contributed by atoms with Crippen LogP contribution < -0.4 is 9.47 Å². The Labute approximate surface area is 144 Å². The first-order chi connectivity index (χ1) is 12.2. The number of hydrogen-bond donors (Lipinski definition) is 1. The predicted molar refractivity (Wildman–Crippen MR) is 95.6 cm³/mol. The van der Waals surface area contributed by atoms with Gasteiger partial charge in [-0.1, -0.05) is 24.3 Å². The Balaban J connectivity index is 1.91. The number of hydrogen-bond acceptors (Lipinski definition) is 4. The molecule has 1 aliphatic rings. The summed E-state index contributed by atoms with van der Waals surface area (Å²) in [5, 5.41) is 0.995. The van der Waals surface area contributed by atoms with Crippen molar-refractivity contribution in [2.45, 2.75) is 0 Å². The normalized spacial score (nSPS) is 14.1. The fourth-order valence-electron chi connectivity index (χ4n) is 3.21. The van der Waals surface area contributed by atoms with E-state index in [1.165, 1.54) is 0 Å². The summed E-state index contributed by atoms with van der Waals surface area (Å²) in [6.07, 6.45) is 1.85. The van der Waals surface area contributed by atoms with Gasteiger partial charge in [0.1, 0.15) is 6.61 Å². The summed E-state index contributed by atoms with van der Waals surface area (Å²) in [5.74, 6) is 0.949. The number of fused-ring (bicyclic) bond motifs is 1. The van der Waals surface area contributed by atoms with Crippen LogP contribution in [0.4, 0.5) is 0 Å². The molecule has 1 aliphatic heterocycles. The molecule has 3 aromatic rings.